The summed E-state index contributed by atoms with van der Waals surface area (Å²) in [6.07, 6.45) is 0. The number of rotatable bonds is 9. The van der Waals surface area contributed by atoms with Gasteiger partial charge in [0, 0.05) is 0 Å². The van der Waals surface area contributed by atoms with E-state index < -0.39 is 35.0 Å². The SMILES string of the molecule is O=C(O)c1ccc(Oc2cccc(-c3cccc(Oc4ccc(C(=O)O)c(C(=O)O)c4)c3)c2)cc1C(=O)O. The Morgan fingerprint density at radius 1 is 0.421 bits per heavy atom. The van der Waals surface area contributed by atoms with E-state index in [1.165, 1.54) is 12.1 Å². The van der Waals surface area contributed by atoms with E-state index in [4.69, 9.17) is 9.47 Å². The molecule has 0 aliphatic heterocycles. The third-order valence-electron chi connectivity index (χ3n) is 5.38. The van der Waals surface area contributed by atoms with Crippen LogP contribution in [0.15, 0.2) is 84.9 Å². The van der Waals surface area contributed by atoms with Crippen LogP contribution in [-0.2, 0) is 0 Å². The third kappa shape index (κ3) is 5.60. The highest BCUT2D eigenvalue weighted by Crippen LogP contribution is 2.32. The van der Waals surface area contributed by atoms with Gasteiger partial charge in [-0.05, 0) is 71.8 Å². The van der Waals surface area contributed by atoms with Crippen molar-refractivity contribution in [1.29, 1.82) is 0 Å². The van der Waals surface area contributed by atoms with Crippen molar-refractivity contribution in [2.45, 2.75) is 0 Å². The minimum absolute atomic E-state index is 0.140. The van der Waals surface area contributed by atoms with Crippen LogP contribution in [0, 0.1) is 0 Å². The maximum Gasteiger partial charge on any atom is 0.336 e. The van der Waals surface area contributed by atoms with Gasteiger partial charge in [0.25, 0.3) is 0 Å². The van der Waals surface area contributed by atoms with Crippen molar-refractivity contribution < 1.29 is 49.1 Å². The molecule has 4 N–H and O–H groups in total. The van der Waals surface area contributed by atoms with Crippen LogP contribution < -0.4 is 9.47 Å². The number of ether oxygens (including phenoxy) is 2. The molecular weight excluding hydrogens is 496 g/mol. The zero-order valence-corrected chi connectivity index (χ0v) is 19.3. The van der Waals surface area contributed by atoms with E-state index in [0.29, 0.717) is 22.6 Å². The van der Waals surface area contributed by atoms with Gasteiger partial charge in [0.2, 0.25) is 0 Å². The molecule has 0 unspecified atom stereocenters. The maximum atomic E-state index is 11.4. The number of carboxylic acid groups (broad SMARTS) is 4. The summed E-state index contributed by atoms with van der Waals surface area (Å²) < 4.78 is 11.5. The second kappa shape index (κ2) is 10.5. The molecule has 0 fully saturated rings. The Labute approximate surface area is 214 Å². The molecule has 0 aliphatic rings. The number of hydrogen-bond donors (Lipinski definition) is 4. The molecule has 38 heavy (non-hydrogen) atoms. The number of carboxylic acids is 4. The summed E-state index contributed by atoms with van der Waals surface area (Å²) in [5.41, 5.74) is -0.106. The minimum atomic E-state index is -1.40. The van der Waals surface area contributed by atoms with Crippen molar-refractivity contribution >= 4 is 23.9 Å². The highest BCUT2D eigenvalue weighted by molar-refractivity contribution is 6.02. The first-order valence-electron chi connectivity index (χ1n) is 10.9. The first kappa shape index (κ1) is 25.5. The second-order valence-electron chi connectivity index (χ2n) is 7.90. The summed E-state index contributed by atoms with van der Waals surface area (Å²) in [5.74, 6) is -4.52. The van der Waals surface area contributed by atoms with E-state index in [2.05, 4.69) is 0 Å². The molecule has 0 atom stereocenters. The molecule has 4 rings (SSSR count). The Hall–Kier alpha value is -5.64. The highest BCUT2D eigenvalue weighted by atomic mass is 16.5. The number of carbonyl (C=O) groups is 4. The van der Waals surface area contributed by atoms with E-state index in [1.807, 2.05) is 0 Å². The fourth-order valence-electron chi connectivity index (χ4n) is 3.65. The van der Waals surface area contributed by atoms with Crippen LogP contribution in [0.5, 0.6) is 23.0 Å². The molecule has 10 heteroatoms. The lowest BCUT2D eigenvalue weighted by molar-refractivity contribution is 0.0651. The fourth-order valence-corrected chi connectivity index (χ4v) is 3.65. The van der Waals surface area contributed by atoms with Crippen molar-refractivity contribution in [2.75, 3.05) is 0 Å². The molecule has 0 saturated heterocycles. The van der Waals surface area contributed by atoms with Gasteiger partial charge in [0.05, 0.1) is 22.3 Å². The smallest absolute Gasteiger partial charge is 0.336 e. The summed E-state index contributed by atoms with van der Waals surface area (Å²) in [6, 6.07) is 21.0. The fraction of sp³-hybridized carbons (Fsp3) is 0. The van der Waals surface area contributed by atoms with Gasteiger partial charge < -0.3 is 29.9 Å². The Bertz CT molecular complexity index is 1470. The molecular formula is C28H18O10. The average molecular weight is 514 g/mol. The number of benzene rings is 4. The number of aromatic carboxylic acids is 4. The molecule has 190 valence electrons. The Balaban J connectivity index is 1.58. The van der Waals surface area contributed by atoms with Gasteiger partial charge >= 0.3 is 23.9 Å². The molecule has 0 aliphatic carbocycles. The molecule has 0 radical (unpaired) electrons. The predicted molar refractivity (Wildman–Crippen MR) is 133 cm³/mol. The first-order valence-corrected chi connectivity index (χ1v) is 10.9. The average Bonchev–Trinajstić information content (AvgIpc) is 2.88. The van der Waals surface area contributed by atoms with Gasteiger partial charge in [0.1, 0.15) is 23.0 Å². The van der Waals surface area contributed by atoms with E-state index >= 15 is 0 Å². The predicted octanol–water partition coefficient (Wildman–Crippen LogP) is 5.73. The Morgan fingerprint density at radius 2 is 0.763 bits per heavy atom. The zero-order valence-electron chi connectivity index (χ0n) is 19.3. The summed E-state index contributed by atoms with van der Waals surface area (Å²) >= 11 is 0. The monoisotopic (exact) mass is 514 g/mol. The van der Waals surface area contributed by atoms with Crippen LogP contribution in [0.2, 0.25) is 0 Å². The van der Waals surface area contributed by atoms with Gasteiger partial charge in [0.15, 0.2) is 0 Å². The summed E-state index contributed by atoms with van der Waals surface area (Å²) in [6.45, 7) is 0. The van der Waals surface area contributed by atoms with Gasteiger partial charge in [-0.3, -0.25) is 0 Å². The maximum absolute atomic E-state index is 11.4. The molecule has 0 heterocycles. The topological polar surface area (TPSA) is 168 Å². The normalized spacial score (nSPS) is 10.4. The molecule has 0 aromatic heterocycles. The van der Waals surface area contributed by atoms with Gasteiger partial charge in [-0.2, -0.15) is 0 Å². The molecule has 0 amide bonds. The summed E-state index contributed by atoms with van der Waals surface area (Å²) in [4.78, 5) is 45.4. The van der Waals surface area contributed by atoms with Crippen molar-refractivity contribution in [3.8, 4) is 34.1 Å². The standard InChI is InChI=1S/C28H18O10/c29-25(30)21-9-7-19(13-23(21)27(33)34)37-17-5-1-3-15(11-17)16-4-2-6-18(12-16)38-20-8-10-22(26(31)32)24(14-20)28(35)36/h1-14H,(H,29,30)(H,31,32)(H,33,34)(H,35,36). The largest absolute Gasteiger partial charge is 0.478 e. The summed E-state index contributed by atoms with van der Waals surface area (Å²) in [7, 11) is 0. The van der Waals surface area contributed by atoms with Gasteiger partial charge in [-0.15, -0.1) is 0 Å². The summed E-state index contributed by atoms with van der Waals surface area (Å²) in [5, 5.41) is 37.0. The molecule has 4 aromatic rings. The van der Waals surface area contributed by atoms with Crippen LogP contribution in [0.3, 0.4) is 0 Å². The quantitative estimate of drug-likeness (QED) is 0.216. The van der Waals surface area contributed by atoms with Crippen molar-refractivity contribution in [3.05, 3.63) is 107 Å². The number of hydrogen-bond acceptors (Lipinski definition) is 6. The molecule has 10 nitrogen and oxygen atoms in total. The lowest BCUT2D eigenvalue weighted by Crippen LogP contribution is -2.08. The molecule has 0 saturated carbocycles. The minimum Gasteiger partial charge on any atom is -0.478 e. The molecule has 4 aromatic carbocycles. The van der Waals surface area contributed by atoms with Crippen LogP contribution in [0.25, 0.3) is 11.1 Å². The van der Waals surface area contributed by atoms with E-state index in [-0.39, 0.29) is 22.6 Å². The highest BCUT2D eigenvalue weighted by Gasteiger charge is 2.18. The van der Waals surface area contributed by atoms with E-state index in [1.54, 1.807) is 48.5 Å². The molecule has 0 spiro atoms. The van der Waals surface area contributed by atoms with Crippen molar-refractivity contribution in [2.24, 2.45) is 0 Å². The van der Waals surface area contributed by atoms with Crippen LogP contribution in [0.1, 0.15) is 41.4 Å². The van der Waals surface area contributed by atoms with Crippen LogP contribution >= 0.6 is 0 Å². The lowest BCUT2D eigenvalue weighted by atomic mass is 10.0. The van der Waals surface area contributed by atoms with Gasteiger partial charge in [-0.25, -0.2) is 19.2 Å². The third-order valence-corrected chi connectivity index (χ3v) is 5.38. The van der Waals surface area contributed by atoms with Crippen LogP contribution in [-0.4, -0.2) is 44.3 Å². The lowest BCUT2D eigenvalue weighted by Gasteiger charge is -2.11. The van der Waals surface area contributed by atoms with Crippen molar-refractivity contribution in [1.82, 2.24) is 0 Å². The van der Waals surface area contributed by atoms with E-state index in [9.17, 15) is 39.6 Å². The Kier molecular flexibility index (Phi) is 7.06. The van der Waals surface area contributed by atoms with Crippen LogP contribution in [0.4, 0.5) is 0 Å². The zero-order chi connectivity index (χ0) is 27.4. The van der Waals surface area contributed by atoms with E-state index in [0.717, 1.165) is 24.3 Å². The first-order chi connectivity index (χ1) is 18.1. The molecule has 0 bridgehead atoms. The van der Waals surface area contributed by atoms with Crippen molar-refractivity contribution in [3.63, 3.8) is 0 Å². The van der Waals surface area contributed by atoms with Gasteiger partial charge in [-0.1, -0.05) is 24.3 Å². The second-order valence-corrected chi connectivity index (χ2v) is 7.90. The Morgan fingerprint density at radius 3 is 1.11 bits per heavy atom.